The van der Waals surface area contributed by atoms with E-state index >= 15 is 0 Å². The van der Waals surface area contributed by atoms with Crippen LogP contribution in [-0.4, -0.2) is 17.2 Å². The van der Waals surface area contributed by atoms with Crippen LogP contribution in [0.3, 0.4) is 0 Å². The zero-order valence-corrected chi connectivity index (χ0v) is 10.9. The monoisotopic (exact) mass is 273 g/mol. The summed E-state index contributed by atoms with van der Waals surface area (Å²) in [6, 6.07) is 6.36. The fourth-order valence-electron chi connectivity index (χ4n) is 1.35. The van der Waals surface area contributed by atoms with E-state index < -0.39 is 11.3 Å². The number of rotatable bonds is 5. The van der Waals surface area contributed by atoms with E-state index in [9.17, 15) is 9.59 Å². The molecule has 5 heteroatoms. The summed E-state index contributed by atoms with van der Waals surface area (Å²) in [6.45, 7) is 1.79. The lowest BCUT2D eigenvalue weighted by Gasteiger charge is -2.12. The Morgan fingerprint density at radius 1 is 1.29 bits per heavy atom. The summed E-state index contributed by atoms with van der Waals surface area (Å²) in [7, 11) is 0. The molecule has 17 heavy (non-hydrogen) atoms. The van der Waals surface area contributed by atoms with Crippen LogP contribution in [0.25, 0.3) is 0 Å². The zero-order chi connectivity index (χ0) is 12.8. The van der Waals surface area contributed by atoms with Gasteiger partial charge in [-0.25, -0.2) is 0 Å². The maximum atomic E-state index is 11.6. The Kier molecular flexibility index (Phi) is 5.45. The van der Waals surface area contributed by atoms with Crippen LogP contribution in [0.2, 0.25) is 5.02 Å². The number of hydrogen-bond acceptors (Lipinski definition) is 2. The lowest BCUT2D eigenvalue weighted by atomic mass is 10.1. The van der Waals surface area contributed by atoms with Crippen molar-refractivity contribution in [1.29, 1.82) is 0 Å². The summed E-state index contributed by atoms with van der Waals surface area (Å²) in [5, 5.41) is 2.65. The highest BCUT2D eigenvalue weighted by molar-refractivity contribution is 6.64. The van der Waals surface area contributed by atoms with Crippen LogP contribution in [0.15, 0.2) is 24.3 Å². The van der Waals surface area contributed by atoms with Crippen molar-refractivity contribution in [2.75, 3.05) is 0 Å². The minimum atomic E-state index is -0.614. The molecule has 0 heterocycles. The zero-order valence-electron chi connectivity index (χ0n) is 9.37. The van der Waals surface area contributed by atoms with E-state index in [1.807, 2.05) is 0 Å². The van der Waals surface area contributed by atoms with Gasteiger partial charge < -0.3 is 5.32 Å². The first-order chi connectivity index (χ1) is 8.02. The van der Waals surface area contributed by atoms with Gasteiger partial charge in [0, 0.05) is 5.02 Å². The Hall–Kier alpha value is -1.06. The molecule has 1 N–H and O–H groups in total. The average Bonchev–Trinajstić information content (AvgIpc) is 2.28. The van der Waals surface area contributed by atoms with Crippen molar-refractivity contribution in [2.45, 2.75) is 25.8 Å². The van der Waals surface area contributed by atoms with Gasteiger partial charge in [0.1, 0.15) is 6.04 Å². The first-order valence-corrected chi connectivity index (χ1v) is 6.01. The summed E-state index contributed by atoms with van der Waals surface area (Å²) >= 11 is 11.1. The van der Waals surface area contributed by atoms with Crippen molar-refractivity contribution in [3.8, 4) is 0 Å². The number of amides is 1. The average molecular weight is 274 g/mol. The maximum absolute atomic E-state index is 11.6. The molecular formula is C12H13Cl2NO2. The third-order valence-electron chi connectivity index (χ3n) is 2.30. The van der Waals surface area contributed by atoms with E-state index in [-0.39, 0.29) is 12.3 Å². The fraction of sp³-hybridized carbons (Fsp3) is 0.333. The second kappa shape index (κ2) is 6.62. The number of halogens is 2. The Morgan fingerprint density at radius 3 is 2.35 bits per heavy atom. The molecule has 1 unspecified atom stereocenters. The van der Waals surface area contributed by atoms with Crippen molar-refractivity contribution in [1.82, 2.24) is 5.32 Å². The van der Waals surface area contributed by atoms with Crippen LogP contribution >= 0.6 is 23.2 Å². The summed E-state index contributed by atoms with van der Waals surface area (Å²) in [5.74, 6) is -0.229. The minimum Gasteiger partial charge on any atom is -0.345 e. The Bertz CT molecular complexity index is 403. The molecule has 0 fully saturated rings. The largest absolute Gasteiger partial charge is 0.345 e. The highest BCUT2D eigenvalue weighted by Crippen LogP contribution is 2.10. The predicted molar refractivity (Wildman–Crippen MR) is 68.2 cm³/mol. The van der Waals surface area contributed by atoms with Crippen LogP contribution in [0.5, 0.6) is 0 Å². The van der Waals surface area contributed by atoms with E-state index in [4.69, 9.17) is 23.2 Å². The second-order valence-electron chi connectivity index (χ2n) is 3.64. The molecule has 0 aliphatic rings. The van der Waals surface area contributed by atoms with Gasteiger partial charge >= 0.3 is 0 Å². The molecule has 92 valence electrons. The lowest BCUT2D eigenvalue weighted by Crippen LogP contribution is -2.39. The van der Waals surface area contributed by atoms with Crippen molar-refractivity contribution in [3.05, 3.63) is 34.9 Å². The van der Waals surface area contributed by atoms with E-state index in [0.29, 0.717) is 11.4 Å². The number of hydrogen-bond donors (Lipinski definition) is 1. The van der Waals surface area contributed by atoms with Gasteiger partial charge in [0.05, 0.1) is 6.42 Å². The predicted octanol–water partition coefficient (Wildman–Crippen LogP) is 2.54. The SMILES string of the molecule is CCC(NC(=O)Cc1ccc(Cl)cc1)C(=O)Cl. The summed E-state index contributed by atoms with van der Waals surface area (Å²) < 4.78 is 0. The van der Waals surface area contributed by atoms with Gasteiger partial charge in [0.2, 0.25) is 11.1 Å². The van der Waals surface area contributed by atoms with E-state index in [1.165, 1.54) is 0 Å². The number of benzene rings is 1. The third-order valence-corrected chi connectivity index (χ3v) is 2.81. The minimum absolute atomic E-state index is 0.206. The molecule has 3 nitrogen and oxygen atoms in total. The Morgan fingerprint density at radius 2 is 1.88 bits per heavy atom. The molecule has 1 rings (SSSR count). The molecule has 0 aliphatic heterocycles. The standard InChI is InChI=1S/C12H13Cl2NO2/c1-2-10(12(14)17)15-11(16)7-8-3-5-9(13)6-4-8/h3-6,10H,2,7H2,1H3,(H,15,16). The van der Waals surface area contributed by atoms with Crippen LogP contribution < -0.4 is 5.32 Å². The number of carbonyl (C=O) groups excluding carboxylic acids is 2. The fourth-order valence-corrected chi connectivity index (χ4v) is 1.69. The summed E-state index contributed by atoms with van der Waals surface area (Å²) in [6.07, 6.45) is 0.687. The first kappa shape index (κ1) is 14.0. The molecule has 0 radical (unpaired) electrons. The normalized spacial score (nSPS) is 11.9. The summed E-state index contributed by atoms with van der Waals surface area (Å²) in [4.78, 5) is 22.6. The van der Waals surface area contributed by atoms with Gasteiger partial charge in [-0.3, -0.25) is 9.59 Å². The molecule has 0 aliphatic carbocycles. The van der Waals surface area contributed by atoms with E-state index in [2.05, 4.69) is 5.32 Å². The van der Waals surface area contributed by atoms with Crippen molar-refractivity contribution >= 4 is 34.4 Å². The Balaban J connectivity index is 2.54. The van der Waals surface area contributed by atoms with Crippen LogP contribution in [-0.2, 0) is 16.0 Å². The molecular weight excluding hydrogens is 261 g/mol. The number of carbonyl (C=O) groups is 2. The van der Waals surface area contributed by atoms with Crippen molar-refractivity contribution in [2.24, 2.45) is 0 Å². The molecule has 0 saturated carbocycles. The lowest BCUT2D eigenvalue weighted by molar-refractivity contribution is -0.124. The molecule has 0 aromatic heterocycles. The topological polar surface area (TPSA) is 46.2 Å². The van der Waals surface area contributed by atoms with Gasteiger partial charge in [-0.2, -0.15) is 0 Å². The van der Waals surface area contributed by atoms with Crippen LogP contribution in [0.1, 0.15) is 18.9 Å². The summed E-state index contributed by atoms with van der Waals surface area (Å²) in [5.41, 5.74) is 0.837. The smallest absolute Gasteiger partial charge is 0.243 e. The maximum Gasteiger partial charge on any atom is 0.243 e. The van der Waals surface area contributed by atoms with Crippen molar-refractivity contribution in [3.63, 3.8) is 0 Å². The molecule has 1 atom stereocenters. The van der Waals surface area contributed by atoms with Gasteiger partial charge in [0.15, 0.2) is 0 Å². The molecule has 1 aromatic carbocycles. The van der Waals surface area contributed by atoms with Gasteiger partial charge in [-0.05, 0) is 35.7 Å². The highest BCUT2D eigenvalue weighted by atomic mass is 35.5. The molecule has 0 bridgehead atoms. The Labute approximate surface area is 110 Å². The highest BCUT2D eigenvalue weighted by Gasteiger charge is 2.16. The quantitative estimate of drug-likeness (QED) is 0.839. The van der Waals surface area contributed by atoms with Gasteiger partial charge in [0.25, 0.3) is 0 Å². The second-order valence-corrected chi connectivity index (χ2v) is 4.44. The van der Waals surface area contributed by atoms with Gasteiger partial charge in [-0.1, -0.05) is 30.7 Å². The van der Waals surface area contributed by atoms with Crippen LogP contribution in [0, 0.1) is 0 Å². The van der Waals surface area contributed by atoms with Crippen molar-refractivity contribution < 1.29 is 9.59 Å². The van der Waals surface area contributed by atoms with E-state index in [1.54, 1.807) is 31.2 Å². The number of nitrogens with one attached hydrogen (secondary N) is 1. The van der Waals surface area contributed by atoms with Gasteiger partial charge in [-0.15, -0.1) is 0 Å². The first-order valence-electron chi connectivity index (χ1n) is 5.26. The molecule has 1 aromatic rings. The molecule has 1 amide bonds. The molecule has 0 saturated heterocycles. The third kappa shape index (κ3) is 4.75. The van der Waals surface area contributed by atoms with Crippen LogP contribution in [0.4, 0.5) is 0 Å². The van der Waals surface area contributed by atoms with E-state index in [0.717, 1.165) is 5.56 Å². The molecule has 0 spiro atoms.